The second-order valence-electron chi connectivity index (χ2n) is 8.31. The Kier molecular flexibility index (Phi) is 6.32. The van der Waals surface area contributed by atoms with Gasteiger partial charge >= 0.3 is 5.97 Å². The lowest BCUT2D eigenvalue weighted by molar-refractivity contribution is -0.0440. The Bertz CT molecular complexity index is 1450. The molecule has 0 amide bonds. The minimum absolute atomic E-state index is 0.00790. The predicted octanol–water partition coefficient (Wildman–Crippen LogP) is 2.94. The molecule has 1 aliphatic rings. The van der Waals surface area contributed by atoms with Crippen LogP contribution in [0.25, 0.3) is 10.9 Å². The monoisotopic (exact) mass is 506 g/mol. The normalized spacial score (nSPS) is 20.0. The second-order valence-corrected chi connectivity index (χ2v) is 12.0. The molecule has 2 heterocycles. The molecule has 9 nitrogen and oxygen atoms in total. The molecule has 0 saturated carbocycles. The fourth-order valence-corrected chi connectivity index (χ4v) is 8.06. The number of benzene rings is 2. The van der Waals surface area contributed by atoms with E-state index in [0.29, 0.717) is 16.0 Å². The molecule has 1 aromatic heterocycles. The highest BCUT2D eigenvalue weighted by Crippen LogP contribution is 2.38. The number of aryl methyl sites for hydroxylation is 1. The van der Waals surface area contributed by atoms with Crippen molar-refractivity contribution in [2.75, 3.05) is 13.1 Å². The van der Waals surface area contributed by atoms with Crippen LogP contribution in [0.15, 0.2) is 58.3 Å². The van der Waals surface area contributed by atoms with E-state index in [1.54, 1.807) is 39.0 Å². The van der Waals surface area contributed by atoms with Gasteiger partial charge in [0.05, 0.1) is 22.6 Å². The molecule has 0 spiro atoms. The van der Waals surface area contributed by atoms with Crippen LogP contribution in [-0.2, 0) is 31.2 Å². The maximum atomic E-state index is 14.0. The Balaban J connectivity index is 2.13. The van der Waals surface area contributed by atoms with Gasteiger partial charge in [0.25, 0.3) is 10.0 Å². The molecular formula is C23H26N2O7S2. The van der Waals surface area contributed by atoms with Gasteiger partial charge in [-0.25, -0.2) is 25.6 Å². The van der Waals surface area contributed by atoms with Crippen LogP contribution in [0.1, 0.15) is 36.8 Å². The van der Waals surface area contributed by atoms with Gasteiger partial charge in [0.2, 0.25) is 10.0 Å². The van der Waals surface area contributed by atoms with E-state index in [4.69, 9.17) is 4.74 Å². The van der Waals surface area contributed by atoms with Crippen LogP contribution in [-0.4, -0.2) is 61.5 Å². The first kappa shape index (κ1) is 24.4. The van der Waals surface area contributed by atoms with Gasteiger partial charge in [-0.05, 0) is 44.0 Å². The summed E-state index contributed by atoms with van der Waals surface area (Å²) in [5.74, 6) is -1.65. The zero-order chi connectivity index (χ0) is 24.8. The number of rotatable bonds is 6. The number of nitrogens with zero attached hydrogens (tertiary/aromatic N) is 2. The van der Waals surface area contributed by atoms with Gasteiger partial charge in [-0.2, -0.15) is 4.31 Å². The van der Waals surface area contributed by atoms with Gasteiger partial charge in [-0.3, -0.25) is 0 Å². The Labute approximate surface area is 198 Å². The van der Waals surface area contributed by atoms with Crippen molar-refractivity contribution < 1.29 is 31.5 Å². The van der Waals surface area contributed by atoms with Gasteiger partial charge in [0.15, 0.2) is 5.69 Å². The number of hydrogen-bond acceptors (Lipinski definition) is 6. The predicted molar refractivity (Wildman–Crippen MR) is 126 cm³/mol. The lowest BCUT2D eigenvalue weighted by Gasteiger charge is -2.34. The second kappa shape index (κ2) is 8.81. The highest BCUT2D eigenvalue weighted by atomic mass is 32.2. The van der Waals surface area contributed by atoms with Crippen LogP contribution < -0.4 is 0 Å². The molecule has 2 unspecified atom stereocenters. The van der Waals surface area contributed by atoms with E-state index in [9.17, 15) is 26.7 Å². The summed E-state index contributed by atoms with van der Waals surface area (Å²) in [5, 5.41) is 10.3. The fourth-order valence-electron chi connectivity index (χ4n) is 4.48. The van der Waals surface area contributed by atoms with Crippen LogP contribution in [0, 0.1) is 0 Å². The number of carboxylic acid groups (broad SMARTS) is 1. The summed E-state index contributed by atoms with van der Waals surface area (Å²) in [7, 11) is -8.83. The molecule has 1 fully saturated rings. The average Bonchev–Trinajstić information content (AvgIpc) is 3.16. The third kappa shape index (κ3) is 3.92. The minimum Gasteiger partial charge on any atom is -0.477 e. The van der Waals surface area contributed by atoms with Crippen LogP contribution in [0.2, 0.25) is 0 Å². The van der Waals surface area contributed by atoms with Gasteiger partial charge in [-0.15, -0.1) is 0 Å². The number of carbonyl (C=O) groups is 1. The van der Waals surface area contributed by atoms with Crippen molar-refractivity contribution in [3.05, 3.63) is 59.8 Å². The Morgan fingerprint density at radius 1 is 0.971 bits per heavy atom. The van der Waals surface area contributed by atoms with Crippen LogP contribution in [0.4, 0.5) is 0 Å². The third-order valence-electron chi connectivity index (χ3n) is 5.84. The molecular weight excluding hydrogens is 480 g/mol. The number of carboxylic acids is 1. The molecule has 0 radical (unpaired) electrons. The first-order chi connectivity index (χ1) is 16.0. The molecule has 0 bridgehead atoms. The number of aromatic nitrogens is 1. The van der Waals surface area contributed by atoms with Gasteiger partial charge in [-0.1, -0.05) is 37.3 Å². The highest BCUT2D eigenvalue weighted by molar-refractivity contribution is 7.91. The van der Waals surface area contributed by atoms with Crippen molar-refractivity contribution in [2.45, 2.75) is 49.2 Å². The average molecular weight is 507 g/mol. The first-order valence-electron chi connectivity index (χ1n) is 10.9. The number of sulfonamides is 1. The van der Waals surface area contributed by atoms with Crippen LogP contribution in [0.3, 0.4) is 0 Å². The number of aromatic carboxylic acids is 1. The topological polar surface area (TPSA) is 123 Å². The van der Waals surface area contributed by atoms with Gasteiger partial charge < -0.3 is 9.84 Å². The number of fused-ring (bicyclic) bond motifs is 1. The maximum absolute atomic E-state index is 14.0. The Morgan fingerprint density at radius 2 is 1.59 bits per heavy atom. The summed E-state index contributed by atoms with van der Waals surface area (Å²) >= 11 is 0. The number of hydrogen-bond donors (Lipinski definition) is 1. The summed E-state index contributed by atoms with van der Waals surface area (Å²) in [4.78, 5) is 11.9. The maximum Gasteiger partial charge on any atom is 0.355 e. The molecule has 0 aliphatic carbocycles. The molecule has 1 N–H and O–H groups in total. The molecule has 1 saturated heterocycles. The Morgan fingerprint density at radius 3 is 2.15 bits per heavy atom. The van der Waals surface area contributed by atoms with Crippen molar-refractivity contribution in [1.82, 2.24) is 8.28 Å². The molecule has 4 rings (SSSR count). The van der Waals surface area contributed by atoms with E-state index in [0.717, 1.165) is 0 Å². The molecule has 2 aromatic carbocycles. The first-order valence-corrected chi connectivity index (χ1v) is 13.7. The van der Waals surface area contributed by atoms with Gasteiger partial charge in [0, 0.05) is 18.5 Å². The molecule has 1 aliphatic heterocycles. The number of ether oxygens (including phenoxy) is 1. The van der Waals surface area contributed by atoms with E-state index < -0.39 is 48.8 Å². The van der Waals surface area contributed by atoms with Crippen LogP contribution in [0.5, 0.6) is 0 Å². The summed E-state index contributed by atoms with van der Waals surface area (Å²) < 4.78 is 62.7. The lowest BCUT2D eigenvalue weighted by Crippen LogP contribution is -2.48. The van der Waals surface area contributed by atoms with Crippen LogP contribution >= 0.6 is 0 Å². The van der Waals surface area contributed by atoms with E-state index in [1.807, 2.05) is 0 Å². The molecule has 3 aromatic rings. The third-order valence-corrected chi connectivity index (χ3v) is 9.46. The highest BCUT2D eigenvalue weighted by Gasteiger charge is 2.41. The van der Waals surface area contributed by atoms with E-state index >= 15 is 0 Å². The quantitative estimate of drug-likeness (QED) is 0.545. The standard InChI is InChI=1S/C23H26N2O7S2/c1-4-17-9-8-12-19-20(17)22(34(30,31)24-13-15(2)32-16(3)14-24)21(23(26)27)25(19)33(28,29)18-10-6-5-7-11-18/h5-12,15-16H,4,13-14H2,1-3H3,(H,26,27). The zero-order valence-electron chi connectivity index (χ0n) is 19.0. The summed E-state index contributed by atoms with van der Waals surface area (Å²) in [5.41, 5.74) is -0.255. The van der Waals surface area contributed by atoms with E-state index in [1.165, 1.54) is 34.6 Å². The largest absolute Gasteiger partial charge is 0.477 e. The summed E-state index contributed by atoms with van der Waals surface area (Å²) in [6, 6.07) is 12.1. The lowest BCUT2D eigenvalue weighted by atomic mass is 10.1. The molecule has 34 heavy (non-hydrogen) atoms. The molecule has 2 atom stereocenters. The summed E-state index contributed by atoms with van der Waals surface area (Å²) in [6.45, 7) is 5.32. The number of morpholine rings is 1. The zero-order valence-corrected chi connectivity index (χ0v) is 20.6. The van der Waals surface area contributed by atoms with Crippen molar-refractivity contribution in [3.8, 4) is 0 Å². The van der Waals surface area contributed by atoms with Crippen molar-refractivity contribution in [2.24, 2.45) is 0 Å². The van der Waals surface area contributed by atoms with Crippen molar-refractivity contribution in [1.29, 1.82) is 0 Å². The summed E-state index contributed by atoms with van der Waals surface area (Å²) in [6.07, 6.45) is -0.428. The van der Waals surface area contributed by atoms with E-state index in [2.05, 4.69) is 0 Å². The fraction of sp³-hybridized carbons (Fsp3) is 0.348. The van der Waals surface area contributed by atoms with Gasteiger partial charge in [0.1, 0.15) is 4.90 Å². The minimum atomic E-state index is -4.43. The van der Waals surface area contributed by atoms with E-state index in [-0.39, 0.29) is 28.9 Å². The van der Waals surface area contributed by atoms with Crippen molar-refractivity contribution >= 4 is 36.9 Å². The van der Waals surface area contributed by atoms with Crippen molar-refractivity contribution in [3.63, 3.8) is 0 Å². The smallest absolute Gasteiger partial charge is 0.355 e. The molecule has 182 valence electrons. The SMILES string of the molecule is CCc1cccc2c1c(S(=O)(=O)N1CC(C)OC(C)C1)c(C(=O)O)n2S(=O)(=O)c1ccccc1. The molecule has 11 heteroatoms. The Hall–Kier alpha value is -2.73.